The van der Waals surface area contributed by atoms with Crippen LogP contribution in [-0.4, -0.2) is 15.7 Å². The summed E-state index contributed by atoms with van der Waals surface area (Å²) >= 11 is 0. The molecule has 1 aliphatic rings. The van der Waals surface area contributed by atoms with Crippen LogP contribution in [0.4, 0.5) is 5.69 Å². The predicted octanol–water partition coefficient (Wildman–Crippen LogP) is 4.55. The highest BCUT2D eigenvalue weighted by atomic mass is 16.2. The predicted molar refractivity (Wildman–Crippen MR) is 120 cm³/mol. The van der Waals surface area contributed by atoms with Gasteiger partial charge in [-0.1, -0.05) is 55.5 Å². The maximum absolute atomic E-state index is 13.2. The average Bonchev–Trinajstić information content (AvgIpc) is 2.80. The number of fused-ring (bicyclic) bond motifs is 1. The van der Waals surface area contributed by atoms with Crippen molar-refractivity contribution < 1.29 is 4.79 Å². The summed E-state index contributed by atoms with van der Waals surface area (Å²) in [5.74, 6) is -0.236. The number of aromatic nitrogens is 2. The summed E-state index contributed by atoms with van der Waals surface area (Å²) in [6.45, 7) is 3.79. The minimum Gasteiger partial charge on any atom is -0.324 e. The fourth-order valence-corrected chi connectivity index (χ4v) is 4.14. The van der Waals surface area contributed by atoms with Crippen molar-refractivity contribution in [1.82, 2.24) is 9.78 Å². The van der Waals surface area contributed by atoms with Crippen LogP contribution < -0.4 is 10.9 Å². The van der Waals surface area contributed by atoms with Gasteiger partial charge in [-0.15, -0.1) is 0 Å². The maximum atomic E-state index is 13.2. The van der Waals surface area contributed by atoms with E-state index >= 15 is 0 Å². The van der Waals surface area contributed by atoms with Crippen LogP contribution in [0.1, 0.15) is 49.4 Å². The van der Waals surface area contributed by atoms with Crippen molar-refractivity contribution in [3.05, 3.63) is 81.6 Å². The number of aryl methyl sites for hydroxylation is 1. The molecule has 0 aliphatic heterocycles. The third-order valence-corrected chi connectivity index (χ3v) is 5.88. The van der Waals surface area contributed by atoms with E-state index in [2.05, 4.69) is 12.2 Å². The molecule has 5 heteroatoms. The Hall–Kier alpha value is -3.21. The summed E-state index contributed by atoms with van der Waals surface area (Å²) < 4.78 is 1.37. The number of rotatable bonds is 5. The molecule has 0 bridgehead atoms. The van der Waals surface area contributed by atoms with Crippen LogP contribution in [0, 0.1) is 0 Å². The van der Waals surface area contributed by atoms with E-state index in [0.29, 0.717) is 0 Å². The van der Waals surface area contributed by atoms with Gasteiger partial charge < -0.3 is 5.32 Å². The molecule has 4 rings (SSSR count). The van der Waals surface area contributed by atoms with Crippen LogP contribution in [0.2, 0.25) is 0 Å². The molecule has 1 aromatic heterocycles. The second-order valence-electron chi connectivity index (χ2n) is 7.80. The van der Waals surface area contributed by atoms with Gasteiger partial charge in [-0.2, -0.15) is 5.10 Å². The van der Waals surface area contributed by atoms with Gasteiger partial charge >= 0.3 is 0 Å². The number of nitrogens with zero attached hydrogens (tertiary/aromatic N) is 2. The van der Waals surface area contributed by atoms with E-state index in [4.69, 9.17) is 5.10 Å². The third kappa shape index (κ3) is 3.80. The van der Waals surface area contributed by atoms with Crippen LogP contribution in [-0.2, 0) is 24.1 Å². The Labute approximate surface area is 176 Å². The first-order valence-corrected chi connectivity index (χ1v) is 10.7. The first-order chi connectivity index (χ1) is 14.6. The number of para-hydroxylation sites is 1. The van der Waals surface area contributed by atoms with E-state index < -0.39 is 6.04 Å². The molecule has 0 spiro atoms. The van der Waals surface area contributed by atoms with Gasteiger partial charge in [0.2, 0.25) is 5.91 Å². The Morgan fingerprint density at radius 1 is 1.03 bits per heavy atom. The molecule has 1 atom stereocenters. The molecule has 30 heavy (non-hydrogen) atoms. The Bertz CT molecular complexity index is 1120. The second-order valence-corrected chi connectivity index (χ2v) is 7.80. The Morgan fingerprint density at radius 3 is 2.43 bits per heavy atom. The highest BCUT2D eigenvalue weighted by Crippen LogP contribution is 2.28. The zero-order valence-electron chi connectivity index (χ0n) is 17.5. The lowest BCUT2D eigenvalue weighted by molar-refractivity contribution is -0.119. The van der Waals surface area contributed by atoms with Gasteiger partial charge in [-0.3, -0.25) is 9.59 Å². The van der Waals surface area contributed by atoms with Gasteiger partial charge in [0, 0.05) is 16.8 Å². The zero-order valence-corrected chi connectivity index (χ0v) is 17.5. The first-order valence-electron chi connectivity index (χ1n) is 10.7. The fourth-order valence-electron chi connectivity index (χ4n) is 4.14. The van der Waals surface area contributed by atoms with Crippen molar-refractivity contribution in [3.63, 3.8) is 0 Å². The number of carbonyl (C=O) groups excluding carboxylic acids is 1. The minimum absolute atomic E-state index is 0.143. The molecule has 0 saturated heterocycles. The molecule has 0 fully saturated rings. The van der Waals surface area contributed by atoms with Gasteiger partial charge in [0.15, 0.2) is 0 Å². The first kappa shape index (κ1) is 20.1. The van der Waals surface area contributed by atoms with Crippen molar-refractivity contribution in [2.45, 2.75) is 52.0 Å². The van der Waals surface area contributed by atoms with Crippen LogP contribution in [0.3, 0.4) is 0 Å². The van der Waals surface area contributed by atoms with Crippen LogP contribution in [0.5, 0.6) is 0 Å². The molecule has 2 aromatic carbocycles. The molecule has 1 heterocycles. The lowest BCUT2D eigenvalue weighted by atomic mass is 9.89. The minimum atomic E-state index is -0.711. The smallest absolute Gasteiger partial charge is 0.271 e. The Morgan fingerprint density at radius 2 is 1.70 bits per heavy atom. The summed E-state index contributed by atoms with van der Waals surface area (Å²) in [7, 11) is 0. The number of nitrogens with one attached hydrogen (secondary N) is 1. The molecular weight excluding hydrogens is 374 g/mol. The summed E-state index contributed by atoms with van der Waals surface area (Å²) in [6.07, 6.45) is 4.46. The molecule has 1 amide bonds. The number of amides is 1. The summed E-state index contributed by atoms with van der Waals surface area (Å²) in [4.78, 5) is 26.3. The molecule has 0 radical (unpaired) electrons. The van der Waals surface area contributed by atoms with Gasteiger partial charge in [-0.25, -0.2) is 4.68 Å². The molecule has 0 unspecified atom stereocenters. The number of anilines is 1. The summed E-state index contributed by atoms with van der Waals surface area (Å²) in [5.41, 5.74) is 5.35. The third-order valence-electron chi connectivity index (χ3n) is 5.88. The van der Waals surface area contributed by atoms with E-state index in [9.17, 15) is 9.59 Å². The van der Waals surface area contributed by atoms with Crippen LogP contribution >= 0.6 is 0 Å². The number of carbonyl (C=O) groups is 1. The van der Waals surface area contributed by atoms with E-state index in [-0.39, 0.29) is 11.5 Å². The Kier molecular flexibility index (Phi) is 5.79. The lowest BCUT2D eigenvalue weighted by Gasteiger charge is -2.23. The quantitative estimate of drug-likeness (QED) is 0.682. The van der Waals surface area contributed by atoms with Crippen molar-refractivity contribution in [2.75, 3.05) is 5.32 Å². The lowest BCUT2D eigenvalue weighted by Crippen LogP contribution is -2.37. The monoisotopic (exact) mass is 401 g/mol. The molecule has 1 aliphatic carbocycles. The van der Waals surface area contributed by atoms with Gasteiger partial charge in [0.25, 0.3) is 5.56 Å². The van der Waals surface area contributed by atoms with Gasteiger partial charge in [0.1, 0.15) is 6.04 Å². The van der Waals surface area contributed by atoms with Gasteiger partial charge in [0.05, 0.1) is 5.69 Å². The van der Waals surface area contributed by atoms with E-state index in [1.807, 2.05) is 54.6 Å². The standard InChI is InChI=1S/C25H27N3O2/c1-3-18-11-7-10-16-22(18)26-24(29)17(2)28-25(30)21-15-9-8-14-20(21)23(27-28)19-12-5-4-6-13-19/h4-7,10-13,16-17H,3,8-9,14-15H2,1-2H3,(H,26,29)/t17-/m0/s1. The second kappa shape index (κ2) is 8.66. The number of hydrogen-bond acceptors (Lipinski definition) is 3. The largest absolute Gasteiger partial charge is 0.324 e. The van der Waals surface area contributed by atoms with E-state index in [1.165, 1.54) is 4.68 Å². The summed E-state index contributed by atoms with van der Waals surface area (Å²) in [6, 6.07) is 17.0. The molecule has 3 aromatic rings. The topological polar surface area (TPSA) is 64.0 Å². The normalized spacial score (nSPS) is 14.1. The van der Waals surface area contributed by atoms with Crippen LogP contribution in [0.15, 0.2) is 59.4 Å². The van der Waals surface area contributed by atoms with E-state index in [1.54, 1.807) is 6.92 Å². The molecule has 1 N–H and O–H groups in total. The van der Waals surface area contributed by atoms with Crippen molar-refractivity contribution in [2.24, 2.45) is 0 Å². The molecule has 154 valence electrons. The zero-order chi connectivity index (χ0) is 21.1. The average molecular weight is 402 g/mol. The van der Waals surface area contributed by atoms with Crippen molar-refractivity contribution >= 4 is 11.6 Å². The molecular formula is C25H27N3O2. The SMILES string of the molecule is CCc1ccccc1NC(=O)[C@H](C)n1nc(-c2ccccc2)c2c(c1=O)CCCC2. The van der Waals surface area contributed by atoms with Crippen molar-refractivity contribution in [1.29, 1.82) is 0 Å². The maximum Gasteiger partial charge on any atom is 0.271 e. The highest BCUT2D eigenvalue weighted by Gasteiger charge is 2.25. The van der Waals surface area contributed by atoms with Crippen LogP contribution in [0.25, 0.3) is 11.3 Å². The number of hydrogen-bond donors (Lipinski definition) is 1. The van der Waals surface area contributed by atoms with E-state index in [0.717, 1.165) is 65.7 Å². The van der Waals surface area contributed by atoms with Crippen molar-refractivity contribution in [3.8, 4) is 11.3 Å². The van der Waals surface area contributed by atoms with Gasteiger partial charge in [-0.05, 0) is 56.2 Å². The number of benzene rings is 2. The fraction of sp³-hybridized carbons (Fsp3) is 0.320. The highest BCUT2D eigenvalue weighted by molar-refractivity contribution is 5.94. The summed E-state index contributed by atoms with van der Waals surface area (Å²) in [5, 5.41) is 7.69. The Balaban J connectivity index is 1.75. The molecule has 0 saturated carbocycles. The molecule has 5 nitrogen and oxygen atoms in total.